The van der Waals surface area contributed by atoms with Crippen LogP contribution >= 0.6 is 0 Å². The molecule has 0 spiro atoms. The summed E-state index contributed by atoms with van der Waals surface area (Å²) in [6, 6.07) is 22.5. The van der Waals surface area contributed by atoms with Gasteiger partial charge in [-0.05, 0) is 36.9 Å². The first kappa shape index (κ1) is 37.6. The number of nitrogens with one attached hydrogen (secondary N) is 2. The molecule has 2 N–H and O–H groups in total. The van der Waals surface area contributed by atoms with E-state index in [0.717, 1.165) is 57.5 Å². The predicted molar refractivity (Wildman–Crippen MR) is 172 cm³/mol. The highest BCUT2D eigenvalue weighted by Crippen LogP contribution is 2.18. The zero-order chi connectivity index (χ0) is 30.1. The maximum Gasteiger partial charge on any atom is 0.500 e. The Labute approximate surface area is 252 Å². The van der Waals surface area contributed by atoms with Gasteiger partial charge in [-0.2, -0.15) is 0 Å². The van der Waals surface area contributed by atoms with Gasteiger partial charge in [0.1, 0.15) is 0 Å². The van der Waals surface area contributed by atoms with Crippen molar-refractivity contribution in [3.05, 3.63) is 71.8 Å². The Balaban J connectivity index is 0.000000545. The van der Waals surface area contributed by atoms with Crippen molar-refractivity contribution < 1.29 is 26.6 Å². The van der Waals surface area contributed by atoms with E-state index in [0.29, 0.717) is 6.61 Å². The van der Waals surface area contributed by atoms with Crippen molar-refractivity contribution in [3.8, 4) is 0 Å². The lowest BCUT2D eigenvalue weighted by Crippen LogP contribution is -2.44. The minimum absolute atomic E-state index is 0.620. The topological polar surface area (TPSA) is 79.4 Å². The number of unbranched alkanes of at least 4 members (excludes halogenated alkanes) is 3. The summed E-state index contributed by atoms with van der Waals surface area (Å²) >= 11 is 0. The summed E-state index contributed by atoms with van der Waals surface area (Å²) in [5.41, 5.74) is 2.58. The molecule has 234 valence electrons. The molecular weight excluding hydrogens is 553 g/mol. The Morgan fingerprint density at radius 1 is 0.561 bits per heavy atom. The van der Waals surface area contributed by atoms with Gasteiger partial charge in [-0.15, -0.1) is 0 Å². The lowest BCUT2D eigenvalue weighted by Gasteiger charge is -2.26. The van der Waals surface area contributed by atoms with Crippen molar-refractivity contribution in [3.63, 3.8) is 0 Å². The zero-order valence-corrected chi connectivity index (χ0v) is 28.4. The van der Waals surface area contributed by atoms with Crippen LogP contribution in [0, 0.1) is 0 Å². The number of benzene rings is 2. The first-order valence-electron chi connectivity index (χ1n) is 14.9. The standard InChI is InChI=1S/C22H34N2O3Si.C9H22O3Si/c1-25-28(26-2,27-18-14-21-10-5-3-6-11-21)19-9-15-23-16-17-24-20-22-12-7-4-8-13-22;1-5-6-7-8-9-13(10-2,11-3)12-4/h3-8,10-13,23-24H,9,14-20H2,1-2H3;5-9H2,1-4H3. The van der Waals surface area contributed by atoms with Crippen LogP contribution in [0.15, 0.2) is 60.7 Å². The van der Waals surface area contributed by atoms with E-state index in [9.17, 15) is 0 Å². The van der Waals surface area contributed by atoms with Gasteiger partial charge in [-0.3, -0.25) is 0 Å². The molecule has 2 aromatic rings. The smallest absolute Gasteiger partial charge is 0.377 e. The van der Waals surface area contributed by atoms with Gasteiger partial charge in [0, 0.05) is 73.9 Å². The number of hydrogen-bond donors (Lipinski definition) is 2. The minimum Gasteiger partial charge on any atom is -0.377 e. The van der Waals surface area contributed by atoms with E-state index < -0.39 is 17.6 Å². The SMILES string of the molecule is CCCCCC[Si](OC)(OC)OC.CO[Si](CCCNCCNCc1ccccc1)(OC)OCCc1ccccc1. The second-order valence-corrected chi connectivity index (χ2v) is 15.9. The summed E-state index contributed by atoms with van der Waals surface area (Å²) in [6.45, 7) is 6.54. The summed E-state index contributed by atoms with van der Waals surface area (Å²) < 4.78 is 33.4. The maximum atomic E-state index is 6.08. The molecule has 0 radical (unpaired) electrons. The first-order chi connectivity index (χ1) is 20.0. The normalized spacial score (nSPS) is 11.8. The lowest BCUT2D eigenvalue weighted by molar-refractivity contribution is 0.0988. The van der Waals surface area contributed by atoms with Crippen molar-refractivity contribution in [1.82, 2.24) is 10.6 Å². The van der Waals surface area contributed by atoms with Crippen molar-refractivity contribution >= 4 is 17.6 Å². The fraction of sp³-hybridized carbons (Fsp3) is 0.613. The molecule has 0 heterocycles. The van der Waals surface area contributed by atoms with Crippen molar-refractivity contribution in [1.29, 1.82) is 0 Å². The van der Waals surface area contributed by atoms with Gasteiger partial charge in [0.2, 0.25) is 0 Å². The van der Waals surface area contributed by atoms with E-state index in [2.05, 4.69) is 54.0 Å². The third-order valence-electron chi connectivity index (χ3n) is 6.93. The van der Waals surface area contributed by atoms with E-state index in [-0.39, 0.29) is 0 Å². The molecule has 0 atom stereocenters. The zero-order valence-electron chi connectivity index (χ0n) is 26.4. The van der Waals surface area contributed by atoms with Crippen LogP contribution in [0.25, 0.3) is 0 Å². The van der Waals surface area contributed by atoms with E-state index in [4.69, 9.17) is 26.6 Å². The molecule has 0 unspecified atom stereocenters. The highest BCUT2D eigenvalue weighted by atomic mass is 28.4. The van der Waals surface area contributed by atoms with Crippen molar-refractivity contribution in [2.45, 2.75) is 64.1 Å². The van der Waals surface area contributed by atoms with Crippen LogP contribution in [0.4, 0.5) is 0 Å². The van der Waals surface area contributed by atoms with Crippen LogP contribution in [0.5, 0.6) is 0 Å². The second kappa shape index (κ2) is 24.0. The summed E-state index contributed by atoms with van der Waals surface area (Å²) in [7, 11) is 3.54. The quantitative estimate of drug-likeness (QED) is 0.123. The van der Waals surface area contributed by atoms with Gasteiger partial charge in [0.05, 0.1) is 0 Å². The van der Waals surface area contributed by atoms with Gasteiger partial charge in [-0.1, -0.05) is 86.8 Å². The highest BCUT2D eigenvalue weighted by Gasteiger charge is 2.38. The van der Waals surface area contributed by atoms with Crippen molar-refractivity contribution in [2.24, 2.45) is 0 Å². The monoisotopic (exact) mass is 608 g/mol. The Hall–Kier alpha value is -1.45. The molecule has 0 bridgehead atoms. The van der Waals surface area contributed by atoms with Crippen LogP contribution in [0.3, 0.4) is 0 Å². The second-order valence-electron chi connectivity index (χ2n) is 9.80. The summed E-state index contributed by atoms with van der Waals surface area (Å²) in [5.74, 6) is 0. The van der Waals surface area contributed by atoms with Crippen molar-refractivity contribution in [2.75, 3.05) is 61.8 Å². The van der Waals surface area contributed by atoms with Gasteiger partial charge in [0.15, 0.2) is 0 Å². The van der Waals surface area contributed by atoms with E-state index in [1.54, 1.807) is 35.5 Å². The molecule has 8 nitrogen and oxygen atoms in total. The molecule has 0 aromatic heterocycles. The average Bonchev–Trinajstić information content (AvgIpc) is 3.03. The molecule has 0 saturated heterocycles. The molecule has 0 aliphatic rings. The van der Waals surface area contributed by atoms with Crippen LogP contribution in [0.1, 0.15) is 50.2 Å². The van der Waals surface area contributed by atoms with Crippen LogP contribution in [-0.2, 0) is 39.5 Å². The summed E-state index contributed by atoms with van der Waals surface area (Å²) in [6.07, 6.45) is 6.74. The number of rotatable bonds is 23. The van der Waals surface area contributed by atoms with Gasteiger partial charge in [-0.25, -0.2) is 0 Å². The number of hydrogen-bond acceptors (Lipinski definition) is 8. The molecule has 0 fully saturated rings. The molecule has 2 rings (SSSR count). The lowest BCUT2D eigenvalue weighted by atomic mass is 10.2. The van der Waals surface area contributed by atoms with E-state index in [1.165, 1.54) is 30.4 Å². The van der Waals surface area contributed by atoms with Gasteiger partial charge >= 0.3 is 17.6 Å². The Morgan fingerprint density at radius 2 is 1.10 bits per heavy atom. The third-order valence-corrected chi connectivity index (χ3v) is 12.6. The molecule has 0 aliphatic heterocycles. The minimum atomic E-state index is -2.57. The van der Waals surface area contributed by atoms with Crippen LogP contribution in [0.2, 0.25) is 12.1 Å². The average molecular weight is 609 g/mol. The predicted octanol–water partition coefficient (Wildman–Crippen LogP) is 5.69. The maximum absolute atomic E-state index is 6.08. The van der Waals surface area contributed by atoms with Gasteiger partial charge < -0.3 is 37.2 Å². The molecule has 41 heavy (non-hydrogen) atoms. The van der Waals surface area contributed by atoms with E-state index in [1.807, 2.05) is 24.3 Å². The van der Waals surface area contributed by atoms with E-state index >= 15 is 0 Å². The molecule has 2 aromatic carbocycles. The fourth-order valence-electron chi connectivity index (χ4n) is 4.33. The Bertz CT molecular complexity index is 835. The molecule has 0 saturated carbocycles. The highest BCUT2D eigenvalue weighted by molar-refractivity contribution is 6.60. The molecule has 10 heteroatoms. The Kier molecular flexibility index (Phi) is 22.0. The van der Waals surface area contributed by atoms with Crippen LogP contribution in [-0.4, -0.2) is 79.4 Å². The van der Waals surface area contributed by atoms with Gasteiger partial charge in [0.25, 0.3) is 0 Å². The molecule has 0 aliphatic carbocycles. The summed E-state index contributed by atoms with van der Waals surface area (Å²) in [5, 5.41) is 6.91. The Morgan fingerprint density at radius 3 is 1.66 bits per heavy atom. The summed E-state index contributed by atoms with van der Waals surface area (Å²) in [4.78, 5) is 0. The molecular formula is C31H56N2O6Si2. The van der Waals surface area contributed by atoms with Crippen LogP contribution < -0.4 is 10.6 Å². The fourth-order valence-corrected chi connectivity index (χ4v) is 8.10. The third kappa shape index (κ3) is 16.7. The molecule has 0 amide bonds. The first-order valence-corrected chi connectivity index (χ1v) is 18.8. The largest absolute Gasteiger partial charge is 0.500 e.